The van der Waals surface area contributed by atoms with Crippen LogP contribution in [0.3, 0.4) is 0 Å². The number of benzene rings is 3. The zero-order valence-corrected chi connectivity index (χ0v) is 19.0. The maximum atomic E-state index is 11.8. The van der Waals surface area contributed by atoms with Crippen molar-refractivity contribution in [2.24, 2.45) is 0 Å². The number of anilines is 1. The topological polar surface area (TPSA) is 98.8 Å². The molecule has 3 aromatic rings. The summed E-state index contributed by atoms with van der Waals surface area (Å²) < 4.78 is 7.42. The van der Waals surface area contributed by atoms with E-state index in [0.29, 0.717) is 5.56 Å². The molecule has 1 unspecified atom stereocenters. The highest BCUT2D eigenvalue weighted by Crippen LogP contribution is 2.58. The zero-order valence-electron chi connectivity index (χ0n) is 17.5. The van der Waals surface area contributed by atoms with Crippen LogP contribution in [0.15, 0.2) is 53.0 Å². The lowest BCUT2D eigenvalue weighted by atomic mass is 9.76. The maximum Gasteiger partial charge on any atom is 0.318 e. The van der Waals surface area contributed by atoms with Gasteiger partial charge in [-0.25, -0.2) is 0 Å². The third-order valence-electron chi connectivity index (χ3n) is 6.61. The molecule has 0 aromatic heterocycles. The number of likely N-dealkylation sites (N-methyl/N-ethyl adjacent to an activating group) is 1. The Hall–Kier alpha value is -3.46. The fourth-order valence-corrected chi connectivity index (χ4v) is 5.51. The predicted molar refractivity (Wildman–Crippen MR) is 125 cm³/mol. The smallest absolute Gasteiger partial charge is 0.318 e. The number of hydrogen-bond donors (Lipinski definition) is 0. The molecule has 0 N–H and O–H groups in total. The first-order valence-corrected chi connectivity index (χ1v) is 10.7. The Labute approximate surface area is 191 Å². The van der Waals surface area contributed by atoms with E-state index < -0.39 is 26.7 Å². The lowest BCUT2D eigenvalue weighted by molar-refractivity contribution is -0.395. The second-order valence-electron chi connectivity index (χ2n) is 8.51. The average molecular weight is 496 g/mol. The molecule has 3 aromatic carbocycles. The van der Waals surface area contributed by atoms with Gasteiger partial charge in [0.1, 0.15) is 0 Å². The molecule has 1 spiro atoms. The molecular weight excluding hydrogens is 478 g/mol. The van der Waals surface area contributed by atoms with Crippen LogP contribution in [0.25, 0.3) is 16.8 Å². The van der Waals surface area contributed by atoms with Gasteiger partial charge in [0.2, 0.25) is 11.5 Å². The minimum atomic E-state index is -1.06. The van der Waals surface area contributed by atoms with Crippen molar-refractivity contribution in [1.29, 1.82) is 0 Å². The molecule has 1 atom stereocenters. The van der Waals surface area contributed by atoms with Gasteiger partial charge in [-0.2, -0.15) is 0 Å². The van der Waals surface area contributed by atoms with Gasteiger partial charge >= 0.3 is 5.69 Å². The number of ether oxygens (including phenoxy) is 1. The van der Waals surface area contributed by atoms with Crippen LogP contribution in [0.4, 0.5) is 17.1 Å². The molecule has 0 aliphatic carbocycles. The minimum absolute atomic E-state index is 0.0270. The zero-order chi connectivity index (χ0) is 23.0. The Morgan fingerprint density at radius 3 is 2.38 bits per heavy atom. The van der Waals surface area contributed by atoms with Crippen LogP contribution in [0, 0.1) is 20.2 Å². The summed E-state index contributed by atoms with van der Waals surface area (Å²) in [6.07, 6.45) is 3.52. The number of nitrogens with zero attached hydrogens (tertiary/aromatic N) is 3. The van der Waals surface area contributed by atoms with Crippen LogP contribution < -0.4 is 9.64 Å². The number of halogens is 1. The largest absolute Gasteiger partial charge is 0.456 e. The van der Waals surface area contributed by atoms with E-state index in [4.69, 9.17) is 4.74 Å². The third kappa shape index (κ3) is 2.48. The van der Waals surface area contributed by atoms with Crippen molar-refractivity contribution in [3.8, 4) is 5.75 Å². The Bertz CT molecular complexity index is 1380. The first-order chi connectivity index (χ1) is 15.1. The molecule has 162 valence electrons. The van der Waals surface area contributed by atoms with Gasteiger partial charge in [-0.1, -0.05) is 40.2 Å². The maximum absolute atomic E-state index is 11.8. The molecule has 0 radical (unpaired) electrons. The van der Waals surface area contributed by atoms with Crippen LogP contribution in [0.2, 0.25) is 0 Å². The monoisotopic (exact) mass is 495 g/mol. The molecule has 2 aliphatic rings. The molecule has 9 heteroatoms. The number of nitro benzene ring substituents is 2. The summed E-state index contributed by atoms with van der Waals surface area (Å²) in [4.78, 5) is 23.8. The van der Waals surface area contributed by atoms with E-state index in [1.165, 1.54) is 6.07 Å². The molecule has 0 bridgehead atoms. The van der Waals surface area contributed by atoms with Crippen molar-refractivity contribution < 1.29 is 14.6 Å². The summed E-state index contributed by atoms with van der Waals surface area (Å²) in [5.41, 5.74) is -0.126. The quantitative estimate of drug-likeness (QED) is 0.321. The molecule has 0 fully saturated rings. The fraction of sp³-hybridized carbons (Fsp3) is 0.217. The van der Waals surface area contributed by atoms with E-state index in [2.05, 4.69) is 22.0 Å². The van der Waals surface area contributed by atoms with Crippen LogP contribution in [0.1, 0.15) is 25.0 Å². The highest BCUT2D eigenvalue weighted by molar-refractivity contribution is 9.10. The van der Waals surface area contributed by atoms with Gasteiger partial charge < -0.3 is 9.64 Å². The van der Waals surface area contributed by atoms with Crippen molar-refractivity contribution in [2.75, 3.05) is 11.9 Å². The SMILES string of the molecule is CN1c2c(cc(Br)c3ccccc23)C(C)(C)C12C=Cc1cc([N+](=O)[O-])cc([N+](=O)[O-])c1O2. The second-order valence-corrected chi connectivity index (χ2v) is 9.37. The van der Waals surface area contributed by atoms with Gasteiger partial charge in [0.25, 0.3) is 5.69 Å². The lowest BCUT2D eigenvalue weighted by Crippen LogP contribution is -2.58. The molecule has 0 saturated heterocycles. The van der Waals surface area contributed by atoms with E-state index in [1.54, 1.807) is 6.08 Å². The molecule has 0 saturated carbocycles. The van der Waals surface area contributed by atoms with Gasteiger partial charge in [-0.05, 0) is 43.0 Å². The standard InChI is InChI=1S/C23H18BrN3O5/c1-22(2)17-12-18(24)15-6-4-5-7-16(15)20(17)25(3)23(22)9-8-13-10-14(26(28)29)11-19(27(30)31)21(13)32-23/h4-12H,1-3H3. The summed E-state index contributed by atoms with van der Waals surface area (Å²) in [7, 11) is 1.90. The molecule has 8 nitrogen and oxygen atoms in total. The van der Waals surface area contributed by atoms with Crippen LogP contribution in [0.5, 0.6) is 5.75 Å². The summed E-state index contributed by atoms with van der Waals surface area (Å²) in [6.45, 7) is 4.06. The highest BCUT2D eigenvalue weighted by Gasteiger charge is 2.59. The second kappa shape index (κ2) is 6.52. The molecule has 5 rings (SSSR count). The number of rotatable bonds is 2. The Morgan fingerprint density at radius 2 is 1.72 bits per heavy atom. The third-order valence-corrected chi connectivity index (χ3v) is 7.26. The summed E-state index contributed by atoms with van der Waals surface area (Å²) in [5.74, 6) is 0.0270. The molecule has 2 heterocycles. The molecule has 0 amide bonds. The van der Waals surface area contributed by atoms with E-state index in [1.807, 2.05) is 56.1 Å². The number of hydrogen-bond acceptors (Lipinski definition) is 6. The van der Waals surface area contributed by atoms with E-state index in [0.717, 1.165) is 32.6 Å². The Kier molecular flexibility index (Phi) is 4.17. The van der Waals surface area contributed by atoms with E-state index >= 15 is 0 Å². The predicted octanol–water partition coefficient (Wildman–Crippen LogP) is 5.95. The summed E-state index contributed by atoms with van der Waals surface area (Å²) in [6, 6.07) is 12.3. The summed E-state index contributed by atoms with van der Waals surface area (Å²) >= 11 is 3.68. The van der Waals surface area contributed by atoms with Gasteiger partial charge in [-0.3, -0.25) is 20.2 Å². The number of nitro groups is 2. The fourth-order valence-electron chi connectivity index (χ4n) is 4.94. The van der Waals surface area contributed by atoms with Gasteiger partial charge in [0.15, 0.2) is 0 Å². The molecular formula is C23H18BrN3O5. The van der Waals surface area contributed by atoms with Gasteiger partial charge in [-0.15, -0.1) is 0 Å². The first kappa shape index (κ1) is 20.4. The van der Waals surface area contributed by atoms with Gasteiger partial charge in [0, 0.05) is 28.5 Å². The van der Waals surface area contributed by atoms with Crippen molar-refractivity contribution in [2.45, 2.75) is 25.0 Å². The average Bonchev–Trinajstić information content (AvgIpc) is 2.91. The highest BCUT2D eigenvalue weighted by atomic mass is 79.9. The van der Waals surface area contributed by atoms with Gasteiger partial charge in [0.05, 0.1) is 27.0 Å². The Balaban J connectivity index is 1.76. The van der Waals surface area contributed by atoms with E-state index in [-0.39, 0.29) is 11.4 Å². The minimum Gasteiger partial charge on any atom is -0.456 e. The van der Waals surface area contributed by atoms with Crippen LogP contribution in [-0.4, -0.2) is 22.6 Å². The van der Waals surface area contributed by atoms with Crippen molar-refractivity contribution in [3.63, 3.8) is 0 Å². The van der Waals surface area contributed by atoms with Crippen LogP contribution >= 0.6 is 15.9 Å². The van der Waals surface area contributed by atoms with Crippen molar-refractivity contribution in [1.82, 2.24) is 0 Å². The normalized spacial score (nSPS) is 20.2. The lowest BCUT2D eigenvalue weighted by Gasteiger charge is -2.45. The molecule has 32 heavy (non-hydrogen) atoms. The van der Waals surface area contributed by atoms with Crippen molar-refractivity contribution in [3.05, 3.63) is 84.4 Å². The Morgan fingerprint density at radius 1 is 1.03 bits per heavy atom. The first-order valence-electron chi connectivity index (χ1n) is 9.89. The van der Waals surface area contributed by atoms with E-state index in [9.17, 15) is 20.2 Å². The summed E-state index contributed by atoms with van der Waals surface area (Å²) in [5, 5.41) is 25.1. The number of non-ortho nitro benzene ring substituents is 1. The molecule has 2 aliphatic heterocycles. The number of fused-ring (bicyclic) bond motifs is 4. The van der Waals surface area contributed by atoms with Crippen LogP contribution in [-0.2, 0) is 5.41 Å². The van der Waals surface area contributed by atoms with Crippen molar-refractivity contribution >= 4 is 49.8 Å².